The van der Waals surface area contributed by atoms with Gasteiger partial charge in [-0.3, -0.25) is 0 Å². The van der Waals surface area contributed by atoms with Gasteiger partial charge < -0.3 is 5.32 Å². The molecule has 0 unspecified atom stereocenters. The molecule has 1 spiro atoms. The van der Waals surface area contributed by atoms with Crippen LogP contribution in [0.1, 0.15) is 56.9 Å². The third kappa shape index (κ3) is 2.65. The van der Waals surface area contributed by atoms with Crippen LogP contribution in [0.5, 0.6) is 0 Å². The molecule has 2 aliphatic carbocycles. The Balaban J connectivity index is 1.61. The van der Waals surface area contributed by atoms with Gasteiger partial charge in [-0.15, -0.1) is 0 Å². The molecule has 3 rings (SSSR count). The van der Waals surface area contributed by atoms with E-state index in [-0.39, 0.29) is 5.82 Å². The molecule has 2 nitrogen and oxygen atoms in total. The van der Waals surface area contributed by atoms with Crippen LogP contribution in [-0.2, 0) is 0 Å². The molecule has 20 heavy (non-hydrogen) atoms. The summed E-state index contributed by atoms with van der Waals surface area (Å²) in [5.74, 6) is -0.315. The van der Waals surface area contributed by atoms with Gasteiger partial charge in [-0.25, -0.2) is 4.39 Å². The van der Waals surface area contributed by atoms with Gasteiger partial charge in [-0.1, -0.05) is 12.8 Å². The zero-order valence-electron chi connectivity index (χ0n) is 11.8. The summed E-state index contributed by atoms with van der Waals surface area (Å²) in [5.41, 5.74) is 1.53. The van der Waals surface area contributed by atoms with Crippen molar-refractivity contribution in [2.75, 3.05) is 5.32 Å². The summed E-state index contributed by atoms with van der Waals surface area (Å²) in [5, 5.41) is 12.1. The van der Waals surface area contributed by atoms with Crippen molar-refractivity contribution in [2.45, 2.75) is 57.4 Å². The van der Waals surface area contributed by atoms with Gasteiger partial charge in [0.2, 0.25) is 0 Å². The topological polar surface area (TPSA) is 35.8 Å². The predicted molar refractivity (Wildman–Crippen MR) is 77.9 cm³/mol. The SMILES string of the molecule is N#Cc1ccc(NC2CCC3(CCCC3)CC2)c(F)c1. The minimum absolute atomic E-state index is 0.315. The highest BCUT2D eigenvalue weighted by atomic mass is 19.1. The number of nitrogens with zero attached hydrogens (tertiary/aromatic N) is 1. The Bertz CT molecular complexity index is 516. The van der Waals surface area contributed by atoms with E-state index in [2.05, 4.69) is 5.32 Å². The van der Waals surface area contributed by atoms with E-state index in [9.17, 15) is 4.39 Å². The van der Waals surface area contributed by atoms with Gasteiger partial charge in [0.25, 0.3) is 0 Å². The molecule has 0 bridgehead atoms. The van der Waals surface area contributed by atoms with Crippen LogP contribution in [0.2, 0.25) is 0 Å². The summed E-state index contributed by atoms with van der Waals surface area (Å²) < 4.78 is 13.9. The molecule has 0 atom stereocenters. The number of hydrogen-bond acceptors (Lipinski definition) is 2. The lowest BCUT2D eigenvalue weighted by Gasteiger charge is -2.37. The molecule has 3 heteroatoms. The average molecular weight is 272 g/mol. The van der Waals surface area contributed by atoms with Crippen LogP contribution >= 0.6 is 0 Å². The largest absolute Gasteiger partial charge is 0.380 e. The lowest BCUT2D eigenvalue weighted by Crippen LogP contribution is -2.31. The first-order valence-corrected chi connectivity index (χ1v) is 7.67. The molecule has 1 N–H and O–H groups in total. The van der Waals surface area contributed by atoms with E-state index in [0.717, 1.165) is 12.8 Å². The van der Waals surface area contributed by atoms with Crippen LogP contribution < -0.4 is 5.32 Å². The molecule has 0 saturated heterocycles. The van der Waals surface area contributed by atoms with Crippen molar-refractivity contribution in [3.63, 3.8) is 0 Å². The third-order valence-electron chi connectivity index (χ3n) is 5.17. The average Bonchev–Trinajstić information content (AvgIpc) is 2.92. The van der Waals surface area contributed by atoms with Crippen LogP contribution in [0.3, 0.4) is 0 Å². The molecule has 1 aromatic rings. The first-order valence-electron chi connectivity index (χ1n) is 7.67. The molecule has 0 amide bonds. The summed E-state index contributed by atoms with van der Waals surface area (Å²) in [6.07, 6.45) is 10.4. The van der Waals surface area contributed by atoms with E-state index in [0.29, 0.717) is 22.7 Å². The van der Waals surface area contributed by atoms with Crippen LogP contribution in [-0.4, -0.2) is 6.04 Å². The zero-order valence-corrected chi connectivity index (χ0v) is 11.8. The van der Waals surface area contributed by atoms with E-state index >= 15 is 0 Å². The molecule has 0 heterocycles. The molecular formula is C17H21FN2. The van der Waals surface area contributed by atoms with Gasteiger partial charge in [-0.05, 0) is 62.1 Å². The van der Waals surface area contributed by atoms with Crippen LogP contribution in [0.25, 0.3) is 0 Å². The number of hydrogen-bond donors (Lipinski definition) is 1. The monoisotopic (exact) mass is 272 g/mol. The molecule has 0 aromatic heterocycles. The minimum atomic E-state index is -0.315. The fourth-order valence-electron chi connectivity index (χ4n) is 3.92. The second kappa shape index (κ2) is 5.44. The highest BCUT2D eigenvalue weighted by Crippen LogP contribution is 2.49. The standard InChI is InChI=1S/C17H21FN2/c18-15-11-13(12-19)3-4-16(15)20-14-5-9-17(10-6-14)7-1-2-8-17/h3-4,11,14,20H,1-2,5-10H2. The van der Waals surface area contributed by atoms with Crippen molar-refractivity contribution < 1.29 is 4.39 Å². The van der Waals surface area contributed by atoms with Crippen LogP contribution in [0.4, 0.5) is 10.1 Å². The van der Waals surface area contributed by atoms with Gasteiger partial charge in [0.05, 0.1) is 17.3 Å². The van der Waals surface area contributed by atoms with E-state index in [1.807, 2.05) is 6.07 Å². The van der Waals surface area contributed by atoms with Crippen LogP contribution in [0.15, 0.2) is 18.2 Å². The van der Waals surface area contributed by atoms with Crippen molar-refractivity contribution in [1.82, 2.24) is 0 Å². The van der Waals surface area contributed by atoms with Crippen molar-refractivity contribution in [1.29, 1.82) is 5.26 Å². The summed E-state index contributed by atoms with van der Waals surface area (Å²) in [6, 6.07) is 7.01. The number of nitrogens with one attached hydrogen (secondary N) is 1. The Morgan fingerprint density at radius 1 is 1.15 bits per heavy atom. The number of rotatable bonds is 2. The molecular weight excluding hydrogens is 251 g/mol. The number of nitriles is 1. The molecule has 2 aliphatic rings. The Kier molecular flexibility index (Phi) is 3.65. The fraction of sp³-hybridized carbons (Fsp3) is 0.588. The maximum atomic E-state index is 13.9. The fourth-order valence-corrected chi connectivity index (χ4v) is 3.92. The van der Waals surface area contributed by atoms with Crippen LogP contribution in [0, 0.1) is 22.6 Å². The van der Waals surface area contributed by atoms with Gasteiger partial charge in [0, 0.05) is 6.04 Å². The Morgan fingerprint density at radius 3 is 2.45 bits per heavy atom. The van der Waals surface area contributed by atoms with E-state index in [1.54, 1.807) is 12.1 Å². The first kappa shape index (κ1) is 13.4. The number of halogens is 1. The number of anilines is 1. The maximum Gasteiger partial charge on any atom is 0.147 e. The Hall–Kier alpha value is -1.56. The second-order valence-corrected chi connectivity index (χ2v) is 6.43. The van der Waals surface area contributed by atoms with Gasteiger partial charge >= 0.3 is 0 Å². The highest BCUT2D eigenvalue weighted by Gasteiger charge is 2.37. The molecule has 2 fully saturated rings. The molecule has 106 valence electrons. The summed E-state index contributed by atoms with van der Waals surface area (Å²) >= 11 is 0. The van der Waals surface area contributed by atoms with E-state index in [1.165, 1.54) is 44.6 Å². The zero-order chi connectivity index (χ0) is 14.0. The van der Waals surface area contributed by atoms with Gasteiger partial charge in [0.1, 0.15) is 5.82 Å². The Labute approximate surface area is 120 Å². The third-order valence-corrected chi connectivity index (χ3v) is 5.17. The highest BCUT2D eigenvalue weighted by molar-refractivity contribution is 5.49. The Morgan fingerprint density at radius 2 is 1.85 bits per heavy atom. The lowest BCUT2D eigenvalue weighted by molar-refractivity contribution is 0.188. The molecule has 0 aliphatic heterocycles. The van der Waals surface area contributed by atoms with E-state index < -0.39 is 0 Å². The van der Waals surface area contributed by atoms with Crippen molar-refractivity contribution in [3.8, 4) is 6.07 Å². The summed E-state index contributed by atoms with van der Waals surface area (Å²) in [4.78, 5) is 0. The minimum Gasteiger partial charge on any atom is -0.380 e. The predicted octanol–water partition coefficient (Wildman–Crippen LogP) is 4.61. The molecule has 2 saturated carbocycles. The van der Waals surface area contributed by atoms with E-state index in [4.69, 9.17) is 5.26 Å². The number of benzene rings is 1. The lowest BCUT2D eigenvalue weighted by atomic mass is 9.71. The van der Waals surface area contributed by atoms with Crippen molar-refractivity contribution >= 4 is 5.69 Å². The van der Waals surface area contributed by atoms with Crippen molar-refractivity contribution in [2.24, 2.45) is 5.41 Å². The summed E-state index contributed by atoms with van der Waals surface area (Å²) in [6.45, 7) is 0. The maximum absolute atomic E-state index is 13.9. The van der Waals surface area contributed by atoms with Gasteiger partial charge in [0.15, 0.2) is 0 Å². The molecule has 0 radical (unpaired) electrons. The second-order valence-electron chi connectivity index (χ2n) is 6.43. The first-order chi connectivity index (χ1) is 9.71. The summed E-state index contributed by atoms with van der Waals surface area (Å²) in [7, 11) is 0. The molecule has 1 aromatic carbocycles. The smallest absolute Gasteiger partial charge is 0.147 e. The normalized spacial score (nSPS) is 21.8. The van der Waals surface area contributed by atoms with Gasteiger partial charge in [-0.2, -0.15) is 5.26 Å². The van der Waals surface area contributed by atoms with Crippen molar-refractivity contribution in [3.05, 3.63) is 29.6 Å². The quantitative estimate of drug-likeness (QED) is 0.853.